The van der Waals surface area contributed by atoms with Crippen molar-refractivity contribution in [2.24, 2.45) is 17.8 Å². The number of hydrogen-bond acceptors (Lipinski definition) is 8. The molecule has 2 saturated heterocycles. The van der Waals surface area contributed by atoms with Crippen LogP contribution in [0.25, 0.3) is 0 Å². The minimum Gasteiger partial charge on any atom is -0.461 e. The highest BCUT2D eigenvalue weighted by Gasteiger charge is 2.52. The zero-order valence-corrected chi connectivity index (χ0v) is 23.2. The number of likely N-dealkylation sites (tertiary alicyclic amines) is 1. The summed E-state index contributed by atoms with van der Waals surface area (Å²) >= 11 is 0. The Morgan fingerprint density at radius 1 is 1.14 bits per heavy atom. The Labute approximate surface area is 216 Å². The second-order valence-electron chi connectivity index (χ2n) is 11.0. The number of carbonyl (C=O) groups excluding carboxylic acids is 3. The lowest BCUT2D eigenvalue weighted by atomic mass is 9.79. The van der Waals surface area contributed by atoms with E-state index < -0.39 is 47.4 Å². The summed E-state index contributed by atoms with van der Waals surface area (Å²) in [4.78, 5) is 40.8. The SMILES string of the molecule is COC1CC(CC(C)C(C)OC(=O)C2CCCCN2C(=O)C(=O)C2(O)OC(P)CCC2C)CCC1O. The first-order valence-electron chi connectivity index (χ1n) is 13.4. The molecule has 2 heterocycles. The molecule has 0 spiro atoms. The van der Waals surface area contributed by atoms with Gasteiger partial charge in [-0.2, -0.15) is 0 Å². The van der Waals surface area contributed by atoms with E-state index in [-0.39, 0.29) is 24.7 Å². The van der Waals surface area contributed by atoms with Crippen LogP contribution in [0.1, 0.15) is 78.6 Å². The monoisotopic (exact) mass is 529 g/mol. The molecule has 3 fully saturated rings. The van der Waals surface area contributed by atoms with Crippen LogP contribution in [0.15, 0.2) is 0 Å². The molecule has 206 valence electrons. The first kappa shape index (κ1) is 29.4. The summed E-state index contributed by atoms with van der Waals surface area (Å²) < 4.78 is 16.7. The van der Waals surface area contributed by atoms with Gasteiger partial charge in [-0.1, -0.05) is 13.8 Å². The second kappa shape index (κ2) is 12.6. The lowest BCUT2D eigenvalue weighted by molar-refractivity contribution is -0.247. The smallest absolute Gasteiger partial charge is 0.329 e. The highest BCUT2D eigenvalue weighted by Crippen LogP contribution is 2.36. The number of hydrogen-bond donors (Lipinski definition) is 2. The van der Waals surface area contributed by atoms with Crippen molar-refractivity contribution in [2.45, 2.75) is 115 Å². The zero-order valence-electron chi connectivity index (χ0n) is 22.1. The van der Waals surface area contributed by atoms with Crippen LogP contribution >= 0.6 is 9.24 Å². The molecule has 1 aliphatic carbocycles. The third-order valence-corrected chi connectivity index (χ3v) is 8.88. The highest BCUT2D eigenvalue weighted by molar-refractivity contribution is 7.17. The summed E-state index contributed by atoms with van der Waals surface area (Å²) in [6, 6.07) is -0.859. The Morgan fingerprint density at radius 2 is 1.86 bits per heavy atom. The number of Topliss-reactive ketones (excluding diaryl/α,β-unsaturated/α-hetero) is 1. The molecule has 0 radical (unpaired) electrons. The molecule has 10 unspecified atom stereocenters. The fraction of sp³-hybridized carbons (Fsp3) is 0.885. The number of rotatable bonds is 8. The van der Waals surface area contributed by atoms with Crippen LogP contribution < -0.4 is 0 Å². The van der Waals surface area contributed by atoms with E-state index in [1.54, 1.807) is 14.0 Å². The molecule has 0 aromatic heterocycles. The van der Waals surface area contributed by atoms with E-state index in [9.17, 15) is 24.6 Å². The third kappa shape index (κ3) is 6.65. The van der Waals surface area contributed by atoms with Crippen molar-refractivity contribution in [3.8, 4) is 0 Å². The van der Waals surface area contributed by atoms with Crippen molar-refractivity contribution in [1.82, 2.24) is 4.90 Å². The summed E-state index contributed by atoms with van der Waals surface area (Å²) in [7, 11) is 4.05. The maximum atomic E-state index is 13.2. The van der Waals surface area contributed by atoms with Crippen molar-refractivity contribution in [1.29, 1.82) is 0 Å². The number of piperidine rings is 1. The average molecular weight is 530 g/mol. The van der Waals surface area contributed by atoms with Gasteiger partial charge in [0.15, 0.2) is 0 Å². The molecule has 9 nitrogen and oxygen atoms in total. The fourth-order valence-corrected chi connectivity index (χ4v) is 6.15. The number of methoxy groups -OCH3 is 1. The summed E-state index contributed by atoms with van der Waals surface area (Å²) in [5.74, 6) is -5.11. The van der Waals surface area contributed by atoms with Crippen LogP contribution in [-0.4, -0.2) is 82.4 Å². The Morgan fingerprint density at radius 3 is 2.56 bits per heavy atom. The van der Waals surface area contributed by atoms with E-state index in [1.165, 1.54) is 4.90 Å². The summed E-state index contributed by atoms with van der Waals surface area (Å²) in [5.41, 5.74) is 0. The van der Waals surface area contributed by atoms with Crippen LogP contribution in [0.2, 0.25) is 0 Å². The Kier molecular flexibility index (Phi) is 10.3. The van der Waals surface area contributed by atoms with Gasteiger partial charge in [-0.15, -0.1) is 9.24 Å². The maximum absolute atomic E-state index is 13.2. The van der Waals surface area contributed by atoms with Crippen molar-refractivity contribution in [3.05, 3.63) is 0 Å². The van der Waals surface area contributed by atoms with E-state index in [0.29, 0.717) is 38.0 Å². The van der Waals surface area contributed by atoms with Gasteiger partial charge in [-0.25, -0.2) is 4.79 Å². The largest absolute Gasteiger partial charge is 0.461 e. The fourth-order valence-electron chi connectivity index (χ4n) is 5.75. The van der Waals surface area contributed by atoms with Gasteiger partial charge in [0.25, 0.3) is 11.7 Å². The van der Waals surface area contributed by atoms with E-state index in [2.05, 4.69) is 9.24 Å². The van der Waals surface area contributed by atoms with Crippen molar-refractivity contribution in [3.63, 3.8) is 0 Å². The molecular formula is C26H44NO8P. The van der Waals surface area contributed by atoms with Crippen LogP contribution in [0, 0.1) is 17.8 Å². The highest BCUT2D eigenvalue weighted by atomic mass is 31.0. The Balaban J connectivity index is 1.61. The van der Waals surface area contributed by atoms with E-state index >= 15 is 0 Å². The van der Waals surface area contributed by atoms with Gasteiger partial charge in [0, 0.05) is 19.6 Å². The van der Waals surface area contributed by atoms with Gasteiger partial charge in [-0.05, 0) is 76.5 Å². The molecule has 3 aliphatic rings. The van der Waals surface area contributed by atoms with Crippen LogP contribution in [0.3, 0.4) is 0 Å². The predicted molar refractivity (Wildman–Crippen MR) is 136 cm³/mol. The minimum atomic E-state index is -2.19. The number of aliphatic hydroxyl groups excluding tert-OH is 1. The molecule has 3 rings (SSSR count). The predicted octanol–water partition coefficient (Wildman–Crippen LogP) is 2.41. The van der Waals surface area contributed by atoms with Crippen LogP contribution in [0.5, 0.6) is 0 Å². The molecular weight excluding hydrogens is 485 g/mol. The minimum absolute atomic E-state index is 0.0808. The van der Waals surface area contributed by atoms with Crippen molar-refractivity contribution < 1.29 is 38.8 Å². The molecule has 2 N–H and O–H groups in total. The molecule has 10 heteroatoms. The zero-order chi connectivity index (χ0) is 26.6. The molecule has 1 saturated carbocycles. The number of carbonyl (C=O) groups is 3. The molecule has 0 aromatic rings. The lowest BCUT2D eigenvalue weighted by Gasteiger charge is -2.41. The van der Waals surface area contributed by atoms with Crippen molar-refractivity contribution in [2.75, 3.05) is 13.7 Å². The quantitative estimate of drug-likeness (QED) is 0.279. The number of ether oxygens (including phenoxy) is 3. The molecule has 10 atom stereocenters. The number of nitrogens with zero attached hydrogens (tertiary/aromatic N) is 1. The van der Waals surface area contributed by atoms with Gasteiger partial charge in [0.2, 0.25) is 5.79 Å². The van der Waals surface area contributed by atoms with Crippen molar-refractivity contribution >= 4 is 26.9 Å². The van der Waals surface area contributed by atoms with Gasteiger partial charge < -0.3 is 29.3 Å². The van der Waals surface area contributed by atoms with Gasteiger partial charge in [-0.3, -0.25) is 9.59 Å². The summed E-state index contributed by atoms with van der Waals surface area (Å²) in [6.07, 6.45) is 5.29. The van der Waals surface area contributed by atoms with Crippen LogP contribution in [0.4, 0.5) is 0 Å². The lowest BCUT2D eigenvalue weighted by Crippen LogP contribution is -2.60. The number of amides is 1. The van der Waals surface area contributed by atoms with E-state index in [0.717, 1.165) is 25.7 Å². The molecule has 0 bridgehead atoms. The van der Waals surface area contributed by atoms with Gasteiger partial charge >= 0.3 is 5.97 Å². The van der Waals surface area contributed by atoms with Crippen LogP contribution in [-0.2, 0) is 28.6 Å². The van der Waals surface area contributed by atoms with Gasteiger partial charge in [0.1, 0.15) is 12.1 Å². The first-order chi connectivity index (χ1) is 17.0. The number of aliphatic hydroxyl groups is 2. The van der Waals surface area contributed by atoms with E-state index in [4.69, 9.17) is 14.2 Å². The Hall–Kier alpha value is -1.12. The van der Waals surface area contributed by atoms with E-state index in [1.807, 2.05) is 13.8 Å². The standard InChI is InChI=1S/C26H44NO8P/c1-15(13-18-9-10-20(28)21(14-18)33-4)17(3)34-25(31)19-7-5-6-12-27(19)24(30)23(29)26(32)16(2)8-11-22(36)35-26/h15-22,28,32H,5-14,36H2,1-4H3. The molecule has 1 amide bonds. The second-order valence-corrected chi connectivity index (χ2v) is 11.8. The first-order valence-corrected chi connectivity index (χ1v) is 14.1. The molecule has 36 heavy (non-hydrogen) atoms. The summed E-state index contributed by atoms with van der Waals surface area (Å²) in [5, 5.41) is 21.0. The third-order valence-electron chi connectivity index (χ3n) is 8.42. The average Bonchev–Trinajstić information content (AvgIpc) is 2.86. The maximum Gasteiger partial charge on any atom is 0.329 e. The van der Waals surface area contributed by atoms with Gasteiger partial charge in [0.05, 0.1) is 18.1 Å². The number of esters is 1. The topological polar surface area (TPSA) is 123 Å². The molecule has 2 aliphatic heterocycles. The Bertz CT molecular complexity index is 796. The summed E-state index contributed by atoms with van der Waals surface area (Å²) in [6.45, 7) is 5.84. The normalized spacial score (nSPS) is 37.1. The molecule has 0 aromatic carbocycles. The number of ketones is 1.